The van der Waals surface area contributed by atoms with Crippen molar-refractivity contribution in [2.24, 2.45) is 0 Å². The second kappa shape index (κ2) is 6.36. The van der Waals surface area contributed by atoms with Crippen molar-refractivity contribution in [1.29, 1.82) is 0 Å². The van der Waals surface area contributed by atoms with Crippen molar-refractivity contribution in [3.8, 4) is 0 Å². The number of carbonyl (C=O) groups is 1. The van der Waals surface area contributed by atoms with Gasteiger partial charge in [-0.3, -0.25) is 4.79 Å². The Bertz CT molecular complexity index is 609. The molecule has 0 unspecified atom stereocenters. The number of fused-ring (bicyclic) bond motifs is 1. The van der Waals surface area contributed by atoms with Crippen LogP contribution in [0, 0.1) is 0 Å². The number of aromatic nitrogens is 2. The van der Waals surface area contributed by atoms with Crippen molar-refractivity contribution in [2.45, 2.75) is 13.2 Å². The Morgan fingerprint density at radius 1 is 1.55 bits per heavy atom. The first-order valence-corrected chi connectivity index (χ1v) is 6.27. The van der Waals surface area contributed by atoms with Crippen LogP contribution in [0.2, 0.25) is 0 Å². The molecule has 1 amide bonds. The number of aliphatic hydroxyl groups is 1. The summed E-state index contributed by atoms with van der Waals surface area (Å²) in [4.78, 5) is 16.1. The molecule has 1 aromatic heterocycles. The van der Waals surface area contributed by atoms with Crippen molar-refractivity contribution in [2.75, 3.05) is 26.0 Å². The molecule has 7 nitrogen and oxygen atoms in total. The molecule has 1 aromatic carbocycles. The lowest BCUT2D eigenvalue weighted by Gasteiger charge is -2.08. The second-order valence-corrected chi connectivity index (χ2v) is 4.36. The van der Waals surface area contributed by atoms with Crippen LogP contribution in [0.5, 0.6) is 0 Å². The molecule has 1 heterocycles. The Labute approximate surface area is 116 Å². The maximum Gasteiger partial charge on any atom is 0.240 e. The zero-order valence-corrected chi connectivity index (χ0v) is 11.3. The predicted molar refractivity (Wildman–Crippen MR) is 75.0 cm³/mol. The molecule has 2 aromatic rings. The lowest BCUT2D eigenvalue weighted by molar-refractivity contribution is -0.121. The van der Waals surface area contributed by atoms with Crippen molar-refractivity contribution in [1.82, 2.24) is 14.9 Å². The minimum absolute atomic E-state index is 0.0972. The van der Waals surface area contributed by atoms with Crippen LogP contribution in [0.3, 0.4) is 0 Å². The SMILES string of the molecule is COCCNC(=O)Cn1c(CO)nc2cc(N)ccc21. The number of methoxy groups -OCH3 is 1. The zero-order valence-electron chi connectivity index (χ0n) is 11.3. The summed E-state index contributed by atoms with van der Waals surface area (Å²) in [5.74, 6) is 0.278. The standard InChI is InChI=1S/C13H18N4O3/c1-20-5-4-15-13(19)7-17-11-3-2-9(14)6-10(11)16-12(17)8-18/h2-3,6,18H,4-5,7-8,14H2,1H3,(H,15,19). The number of hydrogen-bond donors (Lipinski definition) is 3. The molecule has 0 aliphatic heterocycles. The summed E-state index contributed by atoms with van der Waals surface area (Å²) in [6.45, 7) is 0.767. The molecule has 0 saturated heterocycles. The molecule has 0 radical (unpaired) electrons. The van der Waals surface area contributed by atoms with Gasteiger partial charge in [-0.25, -0.2) is 4.98 Å². The van der Waals surface area contributed by atoms with Gasteiger partial charge in [0.2, 0.25) is 5.91 Å². The highest BCUT2D eigenvalue weighted by Gasteiger charge is 2.13. The van der Waals surface area contributed by atoms with E-state index in [4.69, 9.17) is 10.5 Å². The van der Waals surface area contributed by atoms with Gasteiger partial charge in [0.15, 0.2) is 0 Å². The summed E-state index contributed by atoms with van der Waals surface area (Å²) in [5, 5.41) is 12.1. The van der Waals surface area contributed by atoms with Gasteiger partial charge < -0.3 is 25.5 Å². The van der Waals surface area contributed by atoms with Gasteiger partial charge in [-0.15, -0.1) is 0 Å². The molecular formula is C13H18N4O3. The van der Waals surface area contributed by atoms with Gasteiger partial charge in [0.25, 0.3) is 0 Å². The average Bonchev–Trinajstić information content (AvgIpc) is 2.76. The first kappa shape index (κ1) is 14.3. The summed E-state index contributed by atoms with van der Waals surface area (Å²) >= 11 is 0. The van der Waals surface area contributed by atoms with E-state index in [1.165, 1.54) is 0 Å². The van der Waals surface area contributed by atoms with E-state index in [2.05, 4.69) is 10.3 Å². The minimum Gasteiger partial charge on any atom is -0.399 e. The minimum atomic E-state index is -0.236. The van der Waals surface area contributed by atoms with Gasteiger partial charge in [0, 0.05) is 19.3 Å². The quantitative estimate of drug-likeness (QED) is 0.505. The lowest BCUT2D eigenvalue weighted by atomic mass is 10.3. The van der Waals surface area contributed by atoms with Gasteiger partial charge in [0.05, 0.1) is 17.6 Å². The summed E-state index contributed by atoms with van der Waals surface area (Å²) in [6, 6.07) is 5.25. The van der Waals surface area contributed by atoms with Gasteiger partial charge >= 0.3 is 0 Å². The Balaban J connectivity index is 2.21. The maximum absolute atomic E-state index is 11.8. The number of nitrogens with zero attached hydrogens (tertiary/aromatic N) is 2. The molecule has 0 bridgehead atoms. The van der Waals surface area contributed by atoms with Crippen LogP contribution >= 0.6 is 0 Å². The number of nitrogens with two attached hydrogens (primary N) is 1. The fraction of sp³-hybridized carbons (Fsp3) is 0.385. The van der Waals surface area contributed by atoms with E-state index < -0.39 is 0 Å². The number of nitrogens with one attached hydrogen (secondary N) is 1. The Morgan fingerprint density at radius 3 is 3.05 bits per heavy atom. The molecule has 0 aliphatic carbocycles. The van der Waals surface area contributed by atoms with Gasteiger partial charge in [-0.05, 0) is 18.2 Å². The van der Waals surface area contributed by atoms with Crippen LogP contribution in [0.4, 0.5) is 5.69 Å². The van der Waals surface area contributed by atoms with E-state index in [1.807, 2.05) is 0 Å². The molecule has 4 N–H and O–H groups in total. The van der Waals surface area contributed by atoms with Crippen molar-refractivity contribution in [3.05, 3.63) is 24.0 Å². The number of anilines is 1. The maximum atomic E-state index is 11.8. The van der Waals surface area contributed by atoms with Crippen LogP contribution in [0.1, 0.15) is 5.82 Å². The molecule has 2 rings (SSSR count). The lowest BCUT2D eigenvalue weighted by Crippen LogP contribution is -2.30. The largest absolute Gasteiger partial charge is 0.399 e. The average molecular weight is 278 g/mol. The van der Waals surface area contributed by atoms with Crippen molar-refractivity contribution in [3.63, 3.8) is 0 Å². The summed E-state index contributed by atoms with van der Waals surface area (Å²) in [6.07, 6.45) is 0. The summed E-state index contributed by atoms with van der Waals surface area (Å²) in [7, 11) is 1.57. The highest BCUT2D eigenvalue weighted by Crippen LogP contribution is 2.19. The number of aliphatic hydroxyl groups excluding tert-OH is 1. The van der Waals surface area contributed by atoms with E-state index in [-0.39, 0.29) is 19.1 Å². The van der Waals surface area contributed by atoms with E-state index >= 15 is 0 Å². The summed E-state index contributed by atoms with van der Waals surface area (Å²) in [5.41, 5.74) is 7.73. The number of carbonyl (C=O) groups excluding carboxylic acids is 1. The van der Waals surface area contributed by atoms with Gasteiger partial charge in [-0.2, -0.15) is 0 Å². The monoisotopic (exact) mass is 278 g/mol. The van der Waals surface area contributed by atoms with Gasteiger partial charge in [-0.1, -0.05) is 0 Å². The topological polar surface area (TPSA) is 102 Å². The van der Waals surface area contributed by atoms with Crippen LogP contribution in [-0.4, -0.2) is 40.8 Å². The van der Waals surface area contributed by atoms with E-state index in [9.17, 15) is 9.90 Å². The van der Waals surface area contributed by atoms with E-state index in [1.54, 1.807) is 29.9 Å². The third-order valence-corrected chi connectivity index (χ3v) is 2.92. The molecule has 20 heavy (non-hydrogen) atoms. The fourth-order valence-electron chi connectivity index (χ4n) is 1.99. The van der Waals surface area contributed by atoms with Crippen LogP contribution in [-0.2, 0) is 22.7 Å². The van der Waals surface area contributed by atoms with Crippen molar-refractivity contribution < 1.29 is 14.6 Å². The number of benzene rings is 1. The number of ether oxygens (including phenoxy) is 1. The van der Waals surface area contributed by atoms with Crippen LogP contribution < -0.4 is 11.1 Å². The fourth-order valence-corrected chi connectivity index (χ4v) is 1.99. The molecule has 7 heteroatoms. The number of hydrogen-bond acceptors (Lipinski definition) is 5. The Morgan fingerprint density at radius 2 is 2.35 bits per heavy atom. The third kappa shape index (κ3) is 3.06. The molecule has 0 fully saturated rings. The first-order chi connectivity index (χ1) is 9.65. The number of imidazole rings is 1. The molecule has 0 atom stereocenters. The number of nitrogen functional groups attached to an aromatic ring is 1. The Hall–Kier alpha value is -2.12. The predicted octanol–water partition coefficient (Wildman–Crippen LogP) is -0.127. The molecular weight excluding hydrogens is 260 g/mol. The highest BCUT2D eigenvalue weighted by atomic mass is 16.5. The normalized spacial score (nSPS) is 10.9. The zero-order chi connectivity index (χ0) is 14.5. The van der Waals surface area contributed by atoms with Gasteiger partial charge in [0.1, 0.15) is 19.0 Å². The Kier molecular flexibility index (Phi) is 4.54. The molecule has 0 aliphatic rings. The number of rotatable bonds is 6. The van der Waals surface area contributed by atoms with E-state index in [0.29, 0.717) is 30.2 Å². The second-order valence-electron chi connectivity index (χ2n) is 4.36. The van der Waals surface area contributed by atoms with Crippen LogP contribution in [0.25, 0.3) is 11.0 Å². The van der Waals surface area contributed by atoms with E-state index in [0.717, 1.165) is 5.52 Å². The first-order valence-electron chi connectivity index (χ1n) is 6.27. The van der Waals surface area contributed by atoms with Crippen LogP contribution in [0.15, 0.2) is 18.2 Å². The molecule has 0 spiro atoms. The molecule has 0 saturated carbocycles. The number of amides is 1. The molecule has 108 valence electrons. The highest BCUT2D eigenvalue weighted by molar-refractivity contribution is 5.83. The third-order valence-electron chi connectivity index (χ3n) is 2.92. The summed E-state index contributed by atoms with van der Waals surface area (Å²) < 4.78 is 6.55. The van der Waals surface area contributed by atoms with Crippen molar-refractivity contribution >= 4 is 22.6 Å². The smallest absolute Gasteiger partial charge is 0.240 e.